The molecule has 14 heavy (non-hydrogen) atoms. The fourth-order valence-electron chi connectivity index (χ4n) is 1.09. The van der Waals surface area contributed by atoms with Crippen LogP contribution in [0.2, 0.25) is 10.3 Å². The number of hydrogen-bond acceptors (Lipinski definition) is 3. The van der Waals surface area contributed by atoms with Gasteiger partial charge in [0.25, 0.3) is 0 Å². The maximum Gasteiger partial charge on any atom is 0.131 e. The van der Waals surface area contributed by atoms with Crippen molar-refractivity contribution >= 4 is 23.2 Å². The first-order valence-electron chi connectivity index (χ1n) is 3.85. The number of rotatable bonds is 1. The van der Waals surface area contributed by atoms with Crippen LogP contribution in [0, 0.1) is 0 Å². The Kier molecular flexibility index (Phi) is 2.39. The lowest BCUT2D eigenvalue weighted by Gasteiger charge is -1.97. The number of hydrogen-bond donors (Lipinski definition) is 0. The highest BCUT2D eigenvalue weighted by atomic mass is 35.5. The normalized spacial score (nSPS) is 10.5. The van der Waals surface area contributed by atoms with Gasteiger partial charge in [-0.1, -0.05) is 23.2 Å². The molecule has 2 heterocycles. The number of aryl methyl sites for hydroxylation is 1. The lowest BCUT2D eigenvalue weighted by Crippen LogP contribution is -1.91. The van der Waals surface area contributed by atoms with Crippen LogP contribution in [0.5, 0.6) is 0 Å². The molecular formula is C8H6Cl2N4. The fraction of sp³-hybridized carbons (Fsp3) is 0.125. The highest BCUT2D eigenvalue weighted by molar-refractivity contribution is 6.32. The quantitative estimate of drug-likeness (QED) is 0.704. The van der Waals surface area contributed by atoms with Crippen LogP contribution < -0.4 is 0 Å². The Labute approximate surface area is 90.5 Å². The number of halogens is 2. The minimum Gasteiger partial charge on any atom is -0.224 e. The molecule has 72 valence electrons. The zero-order valence-electron chi connectivity index (χ0n) is 7.28. The molecule has 0 bridgehead atoms. The van der Waals surface area contributed by atoms with Crippen molar-refractivity contribution < 1.29 is 0 Å². The van der Waals surface area contributed by atoms with E-state index in [0.29, 0.717) is 10.3 Å². The van der Waals surface area contributed by atoms with E-state index in [-0.39, 0.29) is 0 Å². The molecule has 0 amide bonds. The molecule has 0 aromatic carbocycles. The van der Waals surface area contributed by atoms with Gasteiger partial charge in [-0.05, 0) is 12.1 Å². The lowest BCUT2D eigenvalue weighted by molar-refractivity contribution is 0.655. The topological polar surface area (TPSA) is 43.6 Å². The van der Waals surface area contributed by atoms with Crippen LogP contribution >= 0.6 is 23.2 Å². The van der Waals surface area contributed by atoms with Crippen molar-refractivity contribution in [3.8, 4) is 11.3 Å². The molecule has 2 aromatic rings. The Morgan fingerprint density at radius 1 is 1.21 bits per heavy atom. The van der Waals surface area contributed by atoms with Crippen molar-refractivity contribution in [1.82, 2.24) is 20.0 Å². The highest BCUT2D eigenvalue weighted by Gasteiger charge is 2.05. The number of pyridine rings is 1. The second-order valence-electron chi connectivity index (χ2n) is 2.72. The summed E-state index contributed by atoms with van der Waals surface area (Å²) in [6, 6.07) is 3.38. The largest absolute Gasteiger partial charge is 0.224 e. The molecule has 0 saturated heterocycles. The zero-order chi connectivity index (χ0) is 10.1. The standard InChI is InChI=1S/C8H6Cl2N4/c1-14-11-4-6(13-14)5-2-7(9)12-8(10)3-5/h2-4H,1H3. The van der Waals surface area contributed by atoms with Crippen LogP contribution in [0.3, 0.4) is 0 Å². The van der Waals surface area contributed by atoms with Crippen molar-refractivity contribution in [2.24, 2.45) is 7.05 Å². The third-order valence-electron chi connectivity index (χ3n) is 1.66. The third kappa shape index (κ3) is 1.86. The van der Waals surface area contributed by atoms with Crippen LogP contribution in [0.25, 0.3) is 11.3 Å². The Bertz CT molecular complexity index is 446. The molecule has 0 aliphatic carbocycles. The summed E-state index contributed by atoms with van der Waals surface area (Å²) in [5.41, 5.74) is 1.53. The number of aromatic nitrogens is 4. The van der Waals surface area contributed by atoms with E-state index >= 15 is 0 Å². The van der Waals surface area contributed by atoms with Gasteiger partial charge < -0.3 is 0 Å². The van der Waals surface area contributed by atoms with Crippen LogP contribution in [-0.2, 0) is 7.05 Å². The summed E-state index contributed by atoms with van der Waals surface area (Å²) < 4.78 is 0. The van der Waals surface area contributed by atoms with Gasteiger partial charge in [-0.3, -0.25) is 0 Å². The molecule has 4 nitrogen and oxygen atoms in total. The van der Waals surface area contributed by atoms with E-state index in [1.165, 1.54) is 4.80 Å². The van der Waals surface area contributed by atoms with Gasteiger partial charge in [0.15, 0.2) is 0 Å². The molecule has 0 unspecified atom stereocenters. The van der Waals surface area contributed by atoms with Gasteiger partial charge >= 0.3 is 0 Å². The first-order valence-corrected chi connectivity index (χ1v) is 4.60. The summed E-state index contributed by atoms with van der Waals surface area (Å²) in [7, 11) is 1.74. The molecule has 0 radical (unpaired) electrons. The van der Waals surface area contributed by atoms with Crippen LogP contribution in [0.4, 0.5) is 0 Å². The van der Waals surface area contributed by atoms with E-state index in [0.717, 1.165) is 11.3 Å². The van der Waals surface area contributed by atoms with Gasteiger partial charge in [0.1, 0.15) is 16.0 Å². The molecule has 0 aliphatic rings. The van der Waals surface area contributed by atoms with E-state index < -0.39 is 0 Å². The van der Waals surface area contributed by atoms with Gasteiger partial charge in [0, 0.05) is 12.6 Å². The summed E-state index contributed by atoms with van der Waals surface area (Å²) in [6.45, 7) is 0. The first kappa shape index (κ1) is 9.43. The molecule has 2 aromatic heterocycles. The van der Waals surface area contributed by atoms with Gasteiger partial charge in [0.2, 0.25) is 0 Å². The third-order valence-corrected chi connectivity index (χ3v) is 2.05. The summed E-state index contributed by atoms with van der Waals surface area (Å²) in [5.74, 6) is 0. The molecule has 2 rings (SSSR count). The number of nitrogens with zero attached hydrogens (tertiary/aromatic N) is 4. The Balaban J connectivity index is 2.51. The van der Waals surface area contributed by atoms with Crippen molar-refractivity contribution in [1.29, 1.82) is 0 Å². The second-order valence-corrected chi connectivity index (χ2v) is 3.50. The summed E-state index contributed by atoms with van der Waals surface area (Å²) in [6.07, 6.45) is 1.64. The summed E-state index contributed by atoms with van der Waals surface area (Å²) >= 11 is 11.5. The van der Waals surface area contributed by atoms with Crippen molar-refractivity contribution in [2.45, 2.75) is 0 Å². The molecule has 0 fully saturated rings. The average Bonchev–Trinajstić information content (AvgIpc) is 2.50. The maximum absolute atomic E-state index is 5.76. The molecule has 0 saturated carbocycles. The van der Waals surface area contributed by atoms with E-state index in [2.05, 4.69) is 15.2 Å². The van der Waals surface area contributed by atoms with E-state index in [1.807, 2.05) is 0 Å². The second kappa shape index (κ2) is 3.55. The van der Waals surface area contributed by atoms with Gasteiger partial charge in [0.05, 0.1) is 6.20 Å². The van der Waals surface area contributed by atoms with Crippen LogP contribution in [0.15, 0.2) is 18.3 Å². The molecule has 6 heteroatoms. The molecule has 0 aliphatic heterocycles. The summed E-state index contributed by atoms with van der Waals surface area (Å²) in [4.78, 5) is 5.31. The van der Waals surface area contributed by atoms with E-state index in [1.54, 1.807) is 25.4 Å². The predicted molar refractivity (Wildman–Crippen MR) is 54.3 cm³/mol. The molecule has 0 N–H and O–H groups in total. The SMILES string of the molecule is Cn1ncc(-c2cc(Cl)nc(Cl)c2)n1. The predicted octanol–water partition coefficient (Wildman–Crippen LogP) is 2.18. The fourth-order valence-corrected chi connectivity index (χ4v) is 1.55. The molecular weight excluding hydrogens is 223 g/mol. The smallest absolute Gasteiger partial charge is 0.131 e. The Morgan fingerprint density at radius 2 is 1.86 bits per heavy atom. The van der Waals surface area contributed by atoms with E-state index in [9.17, 15) is 0 Å². The van der Waals surface area contributed by atoms with Crippen molar-refractivity contribution in [3.05, 3.63) is 28.6 Å². The Morgan fingerprint density at radius 3 is 2.36 bits per heavy atom. The van der Waals surface area contributed by atoms with Crippen LogP contribution in [0.1, 0.15) is 0 Å². The molecule has 0 spiro atoms. The maximum atomic E-state index is 5.76. The first-order chi connectivity index (χ1) is 6.65. The van der Waals surface area contributed by atoms with Crippen molar-refractivity contribution in [3.63, 3.8) is 0 Å². The van der Waals surface area contributed by atoms with Crippen molar-refractivity contribution in [2.75, 3.05) is 0 Å². The van der Waals surface area contributed by atoms with E-state index in [4.69, 9.17) is 23.2 Å². The summed E-state index contributed by atoms with van der Waals surface area (Å²) in [5, 5.41) is 8.77. The highest BCUT2D eigenvalue weighted by Crippen LogP contribution is 2.22. The minimum absolute atomic E-state index is 0.346. The zero-order valence-corrected chi connectivity index (χ0v) is 8.79. The van der Waals surface area contributed by atoms with Gasteiger partial charge in [-0.2, -0.15) is 15.0 Å². The van der Waals surface area contributed by atoms with Crippen LogP contribution in [-0.4, -0.2) is 20.0 Å². The van der Waals surface area contributed by atoms with Gasteiger partial charge in [-0.15, -0.1) is 0 Å². The Hall–Kier alpha value is -1.13. The average molecular weight is 229 g/mol. The minimum atomic E-state index is 0.346. The van der Waals surface area contributed by atoms with Gasteiger partial charge in [-0.25, -0.2) is 4.98 Å². The monoisotopic (exact) mass is 228 g/mol. The lowest BCUT2D eigenvalue weighted by atomic mass is 10.2. The molecule has 0 atom stereocenters.